The zero-order chi connectivity index (χ0) is 31.9. The minimum atomic E-state index is -4.16. The molecule has 0 aliphatic carbocycles. The summed E-state index contributed by atoms with van der Waals surface area (Å²) in [5.41, 5.74) is 2.75. The summed E-state index contributed by atoms with van der Waals surface area (Å²) in [6.07, 6.45) is 1.01. The summed E-state index contributed by atoms with van der Waals surface area (Å²) >= 11 is 13.0. The number of nitrogens with one attached hydrogen (secondary N) is 1. The average molecular weight is 647 g/mol. The molecule has 0 bridgehead atoms. The van der Waals surface area contributed by atoms with E-state index >= 15 is 0 Å². The number of carbonyl (C=O) groups is 2. The lowest BCUT2D eigenvalue weighted by atomic mass is 10.0. The highest BCUT2D eigenvalue weighted by Gasteiger charge is 2.34. The number of hydrogen-bond donors (Lipinski definition) is 1. The van der Waals surface area contributed by atoms with Crippen LogP contribution in [-0.4, -0.2) is 43.8 Å². The largest absolute Gasteiger partial charge is 0.352 e. The molecule has 0 spiro atoms. The minimum absolute atomic E-state index is 0.0566. The number of hydrogen-bond acceptors (Lipinski definition) is 4. The van der Waals surface area contributed by atoms with Gasteiger partial charge in [-0.3, -0.25) is 13.9 Å². The molecule has 232 valence electrons. The van der Waals surface area contributed by atoms with E-state index in [2.05, 4.69) is 5.32 Å². The molecular formula is C33H41Cl2N3O4S. The fraction of sp³-hybridized carbons (Fsp3) is 0.394. The smallest absolute Gasteiger partial charge is 0.264 e. The minimum Gasteiger partial charge on any atom is -0.352 e. The molecule has 1 N–H and O–H groups in total. The quantitative estimate of drug-likeness (QED) is 0.211. The van der Waals surface area contributed by atoms with Crippen molar-refractivity contribution in [1.82, 2.24) is 10.2 Å². The molecule has 0 aliphatic rings. The van der Waals surface area contributed by atoms with Crippen LogP contribution in [0, 0.1) is 6.92 Å². The van der Waals surface area contributed by atoms with Gasteiger partial charge in [0, 0.05) is 28.2 Å². The summed E-state index contributed by atoms with van der Waals surface area (Å²) in [6, 6.07) is 17.6. The number of nitrogens with zero attached hydrogens (tertiary/aromatic N) is 2. The summed E-state index contributed by atoms with van der Waals surface area (Å²) in [6.45, 7) is 11.0. The van der Waals surface area contributed by atoms with Crippen molar-refractivity contribution in [2.75, 3.05) is 10.8 Å². The van der Waals surface area contributed by atoms with Gasteiger partial charge in [0.15, 0.2) is 0 Å². The van der Waals surface area contributed by atoms with Crippen molar-refractivity contribution in [3.05, 3.63) is 93.5 Å². The van der Waals surface area contributed by atoms with Gasteiger partial charge in [-0.1, -0.05) is 86.8 Å². The van der Waals surface area contributed by atoms with Gasteiger partial charge in [-0.05, 0) is 74.6 Å². The van der Waals surface area contributed by atoms with Crippen LogP contribution in [-0.2, 0) is 26.2 Å². The molecule has 0 aliphatic heterocycles. The van der Waals surface area contributed by atoms with Crippen molar-refractivity contribution in [2.24, 2.45) is 0 Å². The number of carbonyl (C=O) groups excluding carboxylic acids is 2. The van der Waals surface area contributed by atoms with Gasteiger partial charge in [0.1, 0.15) is 12.6 Å². The third-order valence-electron chi connectivity index (χ3n) is 7.51. The van der Waals surface area contributed by atoms with Gasteiger partial charge >= 0.3 is 0 Å². The maximum Gasteiger partial charge on any atom is 0.264 e. The molecule has 3 aromatic carbocycles. The topological polar surface area (TPSA) is 86.8 Å². The number of rotatable bonds is 13. The molecular weight excluding hydrogens is 605 g/mol. The van der Waals surface area contributed by atoms with E-state index in [1.807, 2.05) is 46.8 Å². The Balaban J connectivity index is 2.11. The summed E-state index contributed by atoms with van der Waals surface area (Å²) < 4.78 is 29.3. The van der Waals surface area contributed by atoms with E-state index in [1.165, 1.54) is 17.0 Å². The molecule has 0 aromatic heterocycles. The predicted octanol–water partition coefficient (Wildman–Crippen LogP) is 7.34. The van der Waals surface area contributed by atoms with Crippen LogP contribution in [0.5, 0.6) is 0 Å². The van der Waals surface area contributed by atoms with E-state index in [4.69, 9.17) is 23.2 Å². The molecule has 0 saturated heterocycles. The van der Waals surface area contributed by atoms with Crippen LogP contribution >= 0.6 is 23.2 Å². The average Bonchev–Trinajstić information content (AvgIpc) is 2.97. The van der Waals surface area contributed by atoms with E-state index in [-0.39, 0.29) is 29.3 Å². The van der Waals surface area contributed by atoms with Crippen molar-refractivity contribution < 1.29 is 18.0 Å². The van der Waals surface area contributed by atoms with Crippen molar-refractivity contribution in [1.29, 1.82) is 0 Å². The summed E-state index contributed by atoms with van der Waals surface area (Å²) in [5.74, 6) is -0.656. The van der Waals surface area contributed by atoms with Crippen LogP contribution < -0.4 is 9.62 Å². The zero-order valence-electron chi connectivity index (χ0n) is 25.6. The van der Waals surface area contributed by atoms with E-state index in [0.29, 0.717) is 34.1 Å². The molecule has 10 heteroatoms. The maximum absolute atomic E-state index is 14.3. The third kappa shape index (κ3) is 8.52. The van der Waals surface area contributed by atoms with Crippen LogP contribution in [0.2, 0.25) is 10.0 Å². The van der Waals surface area contributed by atoms with Gasteiger partial charge < -0.3 is 10.2 Å². The highest BCUT2D eigenvalue weighted by atomic mass is 35.5. The molecule has 3 aromatic rings. The lowest BCUT2D eigenvalue weighted by Gasteiger charge is -2.34. The van der Waals surface area contributed by atoms with E-state index in [1.54, 1.807) is 49.4 Å². The van der Waals surface area contributed by atoms with E-state index in [9.17, 15) is 18.0 Å². The molecule has 0 radical (unpaired) electrons. The lowest BCUT2D eigenvalue weighted by molar-refractivity contribution is -0.140. The third-order valence-corrected chi connectivity index (χ3v) is 10.0. The van der Waals surface area contributed by atoms with Gasteiger partial charge in [0.2, 0.25) is 11.8 Å². The second kappa shape index (κ2) is 15.1. The summed E-state index contributed by atoms with van der Waals surface area (Å²) in [7, 11) is -4.16. The molecule has 0 heterocycles. The second-order valence-electron chi connectivity index (χ2n) is 11.0. The van der Waals surface area contributed by atoms with Crippen molar-refractivity contribution in [3.63, 3.8) is 0 Å². The maximum atomic E-state index is 14.3. The molecule has 0 unspecified atom stereocenters. The molecule has 2 amide bonds. The number of benzene rings is 3. The normalized spacial score (nSPS) is 13.0. The number of halogens is 2. The molecule has 0 fully saturated rings. The van der Waals surface area contributed by atoms with Crippen molar-refractivity contribution in [2.45, 2.75) is 83.8 Å². The number of anilines is 1. The Hall–Kier alpha value is -3.07. The molecule has 43 heavy (non-hydrogen) atoms. The Morgan fingerprint density at radius 1 is 0.860 bits per heavy atom. The first-order chi connectivity index (χ1) is 20.3. The summed E-state index contributed by atoms with van der Waals surface area (Å²) in [4.78, 5) is 29.2. The van der Waals surface area contributed by atoms with Crippen LogP contribution in [0.15, 0.2) is 71.6 Å². The first-order valence-corrected chi connectivity index (χ1v) is 16.7. The van der Waals surface area contributed by atoms with E-state index < -0.39 is 28.5 Å². The van der Waals surface area contributed by atoms with Crippen molar-refractivity contribution >= 4 is 50.7 Å². The van der Waals surface area contributed by atoms with Gasteiger partial charge in [0.05, 0.1) is 10.6 Å². The van der Waals surface area contributed by atoms with Crippen LogP contribution in [0.1, 0.15) is 70.1 Å². The van der Waals surface area contributed by atoms with Gasteiger partial charge in [-0.2, -0.15) is 0 Å². The molecule has 7 nitrogen and oxygen atoms in total. The Morgan fingerprint density at radius 2 is 1.44 bits per heavy atom. The fourth-order valence-electron chi connectivity index (χ4n) is 4.61. The second-order valence-corrected chi connectivity index (χ2v) is 13.7. The van der Waals surface area contributed by atoms with Crippen LogP contribution in [0.3, 0.4) is 0 Å². The van der Waals surface area contributed by atoms with Crippen molar-refractivity contribution in [3.8, 4) is 0 Å². The first kappa shape index (κ1) is 34.4. The first-order valence-electron chi connectivity index (χ1n) is 14.5. The molecule has 0 saturated carbocycles. The fourth-order valence-corrected chi connectivity index (χ4v) is 6.54. The zero-order valence-corrected chi connectivity index (χ0v) is 27.9. The highest BCUT2D eigenvalue weighted by Crippen LogP contribution is 2.29. The van der Waals surface area contributed by atoms with Gasteiger partial charge in [0.25, 0.3) is 10.0 Å². The molecule has 3 rings (SSSR count). The SMILES string of the molecule is CC[C@@H](C)NC(=O)[C@@H](CC)N(Cc1c(Cl)cccc1Cl)C(=O)CN(c1ccc(C(C)C)cc1)S(=O)(=O)c1ccc(C)cc1. The number of sulfonamides is 1. The predicted molar refractivity (Wildman–Crippen MR) is 175 cm³/mol. The standard InChI is InChI=1S/C33H41Cl2N3O4S/c1-7-24(6)36-33(40)31(8-2)37(20-28-29(34)10-9-11-30(28)35)32(39)21-38(26-16-14-25(15-17-26)22(3)4)43(41,42)27-18-12-23(5)13-19-27/h9-19,22,24,31H,7-8,20-21H2,1-6H3,(H,36,40)/t24-,31-/m1/s1. The highest BCUT2D eigenvalue weighted by molar-refractivity contribution is 7.92. The Kier molecular flexibility index (Phi) is 12.1. The van der Waals surface area contributed by atoms with Crippen LogP contribution in [0.4, 0.5) is 5.69 Å². The number of amides is 2. The Labute approximate surface area is 266 Å². The Morgan fingerprint density at radius 3 is 1.95 bits per heavy atom. The Bertz CT molecular complexity index is 1490. The summed E-state index contributed by atoms with van der Waals surface area (Å²) in [5, 5.41) is 3.65. The van der Waals surface area contributed by atoms with Gasteiger partial charge in [-0.25, -0.2) is 8.42 Å². The van der Waals surface area contributed by atoms with Gasteiger partial charge in [-0.15, -0.1) is 0 Å². The molecule has 2 atom stereocenters. The lowest BCUT2D eigenvalue weighted by Crippen LogP contribution is -2.53. The monoisotopic (exact) mass is 645 g/mol. The number of aryl methyl sites for hydroxylation is 1. The van der Waals surface area contributed by atoms with Crippen LogP contribution in [0.25, 0.3) is 0 Å². The van der Waals surface area contributed by atoms with E-state index in [0.717, 1.165) is 15.4 Å².